The Bertz CT molecular complexity index is 1360. The number of halogens is 1. The Balaban J connectivity index is 1.36. The number of carbonyl (C=O) groups is 1. The van der Waals surface area contributed by atoms with Crippen molar-refractivity contribution in [1.82, 2.24) is 24.5 Å². The first-order valence-electron chi connectivity index (χ1n) is 9.85. The van der Waals surface area contributed by atoms with Crippen LogP contribution in [0.25, 0.3) is 5.65 Å². The highest BCUT2D eigenvalue weighted by atomic mass is 79.9. The van der Waals surface area contributed by atoms with Gasteiger partial charge in [0, 0.05) is 23.1 Å². The molecular weight excluding hydrogens is 528 g/mol. The molecule has 4 rings (SSSR count). The minimum absolute atomic E-state index is 0.146. The molecule has 0 spiro atoms. The van der Waals surface area contributed by atoms with Crippen molar-refractivity contribution >= 4 is 55.0 Å². The molecule has 1 amide bonds. The van der Waals surface area contributed by atoms with Gasteiger partial charge in [-0.25, -0.2) is 13.1 Å². The summed E-state index contributed by atoms with van der Waals surface area (Å²) in [6.07, 6.45) is 0.304. The normalized spacial score (nSPS) is 11.5. The lowest BCUT2D eigenvalue weighted by atomic mass is 10.3. The Hall–Kier alpha value is -2.80. The van der Waals surface area contributed by atoms with Crippen molar-refractivity contribution in [2.24, 2.45) is 0 Å². The third-order valence-corrected chi connectivity index (χ3v) is 7.40. The summed E-state index contributed by atoms with van der Waals surface area (Å²) >= 11 is 4.64. The number of thioether (sulfide) groups is 1. The zero-order valence-corrected chi connectivity index (χ0v) is 20.4. The molecule has 0 radical (unpaired) electrons. The molecule has 4 aromatic rings. The van der Waals surface area contributed by atoms with Gasteiger partial charge in [-0.2, -0.15) is 9.61 Å². The van der Waals surface area contributed by atoms with E-state index in [4.69, 9.17) is 0 Å². The zero-order chi connectivity index (χ0) is 23.3. The van der Waals surface area contributed by atoms with Gasteiger partial charge in [0.25, 0.3) is 0 Å². The van der Waals surface area contributed by atoms with E-state index in [9.17, 15) is 13.2 Å². The second kappa shape index (κ2) is 10.4. The van der Waals surface area contributed by atoms with Crippen molar-refractivity contribution in [2.75, 3.05) is 17.6 Å². The molecule has 0 fully saturated rings. The summed E-state index contributed by atoms with van der Waals surface area (Å²) in [5.74, 6) is 0.550. The lowest BCUT2D eigenvalue weighted by Crippen LogP contribution is -2.26. The van der Waals surface area contributed by atoms with Gasteiger partial charge in [-0.05, 0) is 48.5 Å². The Morgan fingerprint density at radius 1 is 1.00 bits per heavy atom. The molecule has 2 N–H and O–H groups in total. The Morgan fingerprint density at radius 2 is 1.76 bits per heavy atom. The van der Waals surface area contributed by atoms with Gasteiger partial charge in [-0.3, -0.25) is 4.79 Å². The number of anilines is 1. The summed E-state index contributed by atoms with van der Waals surface area (Å²) in [6, 6.07) is 19.0. The van der Waals surface area contributed by atoms with Crippen LogP contribution < -0.4 is 10.0 Å². The van der Waals surface area contributed by atoms with E-state index < -0.39 is 10.0 Å². The number of fused-ring (bicyclic) bond motifs is 1. The van der Waals surface area contributed by atoms with Crippen LogP contribution in [0.2, 0.25) is 0 Å². The molecule has 12 heteroatoms. The lowest BCUT2D eigenvalue weighted by Gasteiger charge is -2.07. The van der Waals surface area contributed by atoms with E-state index in [0.717, 1.165) is 4.47 Å². The van der Waals surface area contributed by atoms with Crippen LogP contribution in [-0.2, 0) is 21.2 Å². The third kappa shape index (κ3) is 6.16. The molecule has 0 saturated carbocycles. The van der Waals surface area contributed by atoms with E-state index in [0.29, 0.717) is 28.6 Å². The van der Waals surface area contributed by atoms with Gasteiger partial charge < -0.3 is 5.32 Å². The second-order valence-electron chi connectivity index (χ2n) is 6.86. The quantitative estimate of drug-likeness (QED) is 0.309. The summed E-state index contributed by atoms with van der Waals surface area (Å²) in [5, 5.41) is 16.1. The molecule has 0 aliphatic heterocycles. The van der Waals surface area contributed by atoms with E-state index >= 15 is 0 Å². The molecule has 0 bridgehead atoms. The molecule has 0 aliphatic rings. The van der Waals surface area contributed by atoms with Crippen LogP contribution in [-0.4, -0.2) is 46.4 Å². The maximum atomic E-state index is 12.4. The molecule has 0 atom stereocenters. The van der Waals surface area contributed by atoms with Gasteiger partial charge >= 0.3 is 0 Å². The van der Waals surface area contributed by atoms with Crippen molar-refractivity contribution < 1.29 is 13.2 Å². The van der Waals surface area contributed by atoms with Crippen LogP contribution >= 0.6 is 27.7 Å². The average Bonchev–Trinajstić information content (AvgIpc) is 3.22. The van der Waals surface area contributed by atoms with Gasteiger partial charge in [-0.15, -0.1) is 10.2 Å². The third-order valence-electron chi connectivity index (χ3n) is 4.48. The molecule has 2 heterocycles. The van der Waals surface area contributed by atoms with Crippen LogP contribution in [0.1, 0.15) is 5.82 Å². The number of amides is 1. The first-order chi connectivity index (χ1) is 15.9. The molecule has 0 saturated heterocycles. The van der Waals surface area contributed by atoms with Crippen LogP contribution in [0.5, 0.6) is 0 Å². The van der Waals surface area contributed by atoms with Gasteiger partial charge in [-0.1, -0.05) is 45.9 Å². The number of aromatic nitrogens is 4. The first-order valence-corrected chi connectivity index (χ1v) is 13.1. The highest BCUT2D eigenvalue weighted by Gasteiger charge is 2.14. The molecule has 0 aliphatic carbocycles. The number of nitrogens with zero attached hydrogens (tertiary/aromatic N) is 4. The maximum absolute atomic E-state index is 12.4. The predicted molar refractivity (Wildman–Crippen MR) is 130 cm³/mol. The number of rotatable bonds is 9. The summed E-state index contributed by atoms with van der Waals surface area (Å²) in [5.41, 5.74) is 1.26. The van der Waals surface area contributed by atoms with E-state index in [-0.39, 0.29) is 23.1 Å². The highest BCUT2D eigenvalue weighted by Crippen LogP contribution is 2.18. The Morgan fingerprint density at radius 3 is 2.52 bits per heavy atom. The minimum atomic E-state index is -3.60. The van der Waals surface area contributed by atoms with Gasteiger partial charge in [0.1, 0.15) is 5.03 Å². The zero-order valence-electron chi connectivity index (χ0n) is 17.2. The lowest BCUT2D eigenvalue weighted by molar-refractivity contribution is -0.113. The minimum Gasteiger partial charge on any atom is -0.325 e. The Labute approximate surface area is 203 Å². The molecular formula is C21H19BrN6O3S2. The fourth-order valence-electron chi connectivity index (χ4n) is 2.90. The van der Waals surface area contributed by atoms with Crippen LogP contribution in [0.15, 0.2) is 81.1 Å². The number of nitrogens with one attached hydrogen (secondary N) is 2. The smallest absolute Gasteiger partial charge is 0.240 e. The maximum Gasteiger partial charge on any atom is 0.240 e. The van der Waals surface area contributed by atoms with Gasteiger partial charge in [0.15, 0.2) is 11.5 Å². The Kier molecular flexibility index (Phi) is 7.38. The van der Waals surface area contributed by atoms with Crippen molar-refractivity contribution in [2.45, 2.75) is 16.3 Å². The summed E-state index contributed by atoms with van der Waals surface area (Å²) in [7, 11) is -3.60. The van der Waals surface area contributed by atoms with Crippen LogP contribution in [0.3, 0.4) is 0 Å². The fraction of sp³-hybridized carbons (Fsp3) is 0.143. The van der Waals surface area contributed by atoms with Crippen molar-refractivity contribution in [3.8, 4) is 0 Å². The fourth-order valence-corrected chi connectivity index (χ4v) is 4.87. The van der Waals surface area contributed by atoms with Crippen molar-refractivity contribution in [1.29, 1.82) is 0 Å². The van der Waals surface area contributed by atoms with E-state index in [1.165, 1.54) is 23.9 Å². The van der Waals surface area contributed by atoms with Crippen molar-refractivity contribution in [3.63, 3.8) is 0 Å². The summed E-state index contributed by atoms with van der Waals surface area (Å²) < 4.78 is 29.8. The SMILES string of the molecule is O=C(CSc1ccc2nnc(CCNS(=O)(=O)c3ccccc3)n2n1)Nc1ccc(Br)cc1. The molecule has 2 aromatic heterocycles. The molecule has 170 valence electrons. The van der Waals surface area contributed by atoms with E-state index in [1.807, 2.05) is 24.3 Å². The highest BCUT2D eigenvalue weighted by molar-refractivity contribution is 9.10. The van der Waals surface area contributed by atoms with Gasteiger partial charge in [0.05, 0.1) is 10.6 Å². The molecule has 33 heavy (non-hydrogen) atoms. The number of sulfonamides is 1. The van der Waals surface area contributed by atoms with Crippen LogP contribution in [0, 0.1) is 0 Å². The standard InChI is InChI=1S/C21H19BrN6O3S2/c22-15-6-8-16(9-7-15)24-20(29)14-32-21-11-10-18-25-26-19(28(18)27-21)12-13-23-33(30,31)17-4-2-1-3-5-17/h1-11,23H,12-14H2,(H,24,29). The molecule has 9 nitrogen and oxygen atoms in total. The summed E-state index contributed by atoms with van der Waals surface area (Å²) in [4.78, 5) is 12.4. The monoisotopic (exact) mass is 546 g/mol. The topological polar surface area (TPSA) is 118 Å². The summed E-state index contributed by atoms with van der Waals surface area (Å²) in [6.45, 7) is 0.146. The number of hydrogen-bond donors (Lipinski definition) is 2. The van der Waals surface area contributed by atoms with E-state index in [2.05, 4.69) is 41.3 Å². The predicted octanol–water partition coefficient (Wildman–Crippen LogP) is 3.14. The number of hydrogen-bond acceptors (Lipinski definition) is 7. The van der Waals surface area contributed by atoms with Crippen LogP contribution in [0.4, 0.5) is 5.69 Å². The number of carbonyl (C=O) groups excluding carboxylic acids is 1. The van der Waals surface area contributed by atoms with Gasteiger partial charge in [0.2, 0.25) is 15.9 Å². The molecule has 2 aromatic carbocycles. The molecule has 0 unspecified atom stereocenters. The number of benzene rings is 2. The van der Waals surface area contributed by atoms with E-state index in [1.54, 1.807) is 34.8 Å². The average molecular weight is 547 g/mol. The van der Waals surface area contributed by atoms with Crippen molar-refractivity contribution in [3.05, 3.63) is 77.0 Å². The second-order valence-corrected chi connectivity index (χ2v) is 10.5. The first kappa shape index (κ1) is 23.4. The largest absolute Gasteiger partial charge is 0.325 e.